The van der Waals surface area contributed by atoms with Crippen LogP contribution in [0.5, 0.6) is 0 Å². The van der Waals surface area contributed by atoms with Crippen LogP contribution in [0.3, 0.4) is 0 Å². The summed E-state index contributed by atoms with van der Waals surface area (Å²) in [4.78, 5) is 19.2. The summed E-state index contributed by atoms with van der Waals surface area (Å²) in [6, 6.07) is 0.561. The van der Waals surface area contributed by atoms with Gasteiger partial charge in [-0.1, -0.05) is 13.8 Å². The number of likely N-dealkylation sites (tertiary alicyclic amines) is 1. The second-order valence-corrected chi connectivity index (χ2v) is 8.89. The molecule has 6 heteroatoms. The Balaban J connectivity index is 1.41. The van der Waals surface area contributed by atoms with E-state index < -0.39 is 0 Å². The Morgan fingerprint density at radius 2 is 2.08 bits per heavy atom. The van der Waals surface area contributed by atoms with Crippen molar-refractivity contribution in [3.05, 3.63) is 0 Å². The van der Waals surface area contributed by atoms with Gasteiger partial charge >= 0.3 is 6.09 Å². The second kappa shape index (κ2) is 8.89. The lowest BCUT2D eigenvalue weighted by molar-refractivity contribution is -0.0389. The van der Waals surface area contributed by atoms with Crippen LogP contribution in [0.2, 0.25) is 0 Å². The molecule has 3 saturated heterocycles. The van der Waals surface area contributed by atoms with Gasteiger partial charge in [0.05, 0.1) is 13.2 Å². The van der Waals surface area contributed by atoms with Crippen LogP contribution < -0.4 is 0 Å². The Morgan fingerprint density at radius 1 is 1.31 bits per heavy atom. The molecule has 0 aromatic carbocycles. The molecule has 3 aliphatic rings. The number of nitrogens with zero attached hydrogens (tertiary/aromatic N) is 3. The lowest BCUT2D eigenvalue weighted by Crippen LogP contribution is -2.52. The van der Waals surface area contributed by atoms with E-state index >= 15 is 0 Å². The van der Waals surface area contributed by atoms with Crippen molar-refractivity contribution in [1.82, 2.24) is 14.7 Å². The van der Waals surface area contributed by atoms with Crippen molar-refractivity contribution in [2.24, 2.45) is 5.92 Å². The van der Waals surface area contributed by atoms with Gasteiger partial charge < -0.3 is 19.3 Å². The van der Waals surface area contributed by atoms with Crippen molar-refractivity contribution >= 4 is 6.09 Å². The predicted molar refractivity (Wildman–Crippen MR) is 102 cm³/mol. The molecule has 0 aromatic heterocycles. The molecule has 150 valence electrons. The summed E-state index contributed by atoms with van der Waals surface area (Å²) < 4.78 is 11.5. The van der Waals surface area contributed by atoms with Gasteiger partial charge in [0.2, 0.25) is 0 Å². The summed E-state index contributed by atoms with van der Waals surface area (Å²) in [7, 11) is 2.16. The molecule has 3 aliphatic heterocycles. The van der Waals surface area contributed by atoms with Crippen molar-refractivity contribution in [3.63, 3.8) is 0 Å². The number of rotatable bonds is 7. The first-order valence-corrected chi connectivity index (χ1v) is 10.5. The number of piperidine rings is 1. The highest BCUT2D eigenvalue weighted by atomic mass is 16.6. The molecule has 3 heterocycles. The van der Waals surface area contributed by atoms with E-state index in [1.807, 2.05) is 4.90 Å². The van der Waals surface area contributed by atoms with Crippen molar-refractivity contribution in [3.8, 4) is 0 Å². The van der Waals surface area contributed by atoms with Crippen LogP contribution in [0.4, 0.5) is 4.79 Å². The third-order valence-electron chi connectivity index (χ3n) is 6.05. The first kappa shape index (κ1) is 19.9. The van der Waals surface area contributed by atoms with Crippen molar-refractivity contribution in [2.45, 2.75) is 57.6 Å². The van der Waals surface area contributed by atoms with Crippen LogP contribution in [-0.4, -0.2) is 92.0 Å². The van der Waals surface area contributed by atoms with E-state index in [9.17, 15) is 4.79 Å². The van der Waals surface area contributed by atoms with E-state index in [0.717, 1.165) is 71.7 Å². The van der Waals surface area contributed by atoms with E-state index in [1.54, 1.807) is 0 Å². The molecule has 0 aliphatic carbocycles. The molecule has 1 amide bonds. The molecule has 0 unspecified atom stereocenters. The minimum atomic E-state index is -0.243. The molecule has 0 saturated carbocycles. The van der Waals surface area contributed by atoms with E-state index in [2.05, 4.69) is 30.7 Å². The first-order valence-electron chi connectivity index (χ1n) is 10.5. The zero-order chi connectivity index (χ0) is 18.6. The summed E-state index contributed by atoms with van der Waals surface area (Å²) >= 11 is 0. The molecular weight excluding hydrogens is 330 g/mol. The average Bonchev–Trinajstić information content (AvgIpc) is 2.91. The molecule has 1 atom stereocenters. The molecule has 0 aromatic rings. The van der Waals surface area contributed by atoms with Crippen LogP contribution in [0.25, 0.3) is 0 Å². The minimum Gasteiger partial charge on any atom is -0.441 e. The fraction of sp³-hybridized carbons (Fsp3) is 0.950. The highest BCUT2D eigenvalue weighted by molar-refractivity contribution is 5.70. The normalized spacial score (nSPS) is 26.9. The maximum absolute atomic E-state index is 12.3. The molecule has 0 radical (unpaired) electrons. The molecule has 26 heavy (non-hydrogen) atoms. The van der Waals surface area contributed by atoms with Gasteiger partial charge in [-0.25, -0.2) is 4.79 Å². The molecule has 3 fully saturated rings. The van der Waals surface area contributed by atoms with Crippen LogP contribution in [-0.2, 0) is 9.47 Å². The summed E-state index contributed by atoms with van der Waals surface area (Å²) in [5.41, 5.74) is -0.243. The summed E-state index contributed by atoms with van der Waals surface area (Å²) in [5, 5.41) is 0. The highest BCUT2D eigenvalue weighted by Gasteiger charge is 2.47. The molecular formula is C20H37N3O3. The zero-order valence-corrected chi connectivity index (χ0v) is 16.9. The van der Waals surface area contributed by atoms with Gasteiger partial charge in [-0.15, -0.1) is 0 Å². The predicted octanol–water partition coefficient (Wildman–Crippen LogP) is 2.43. The Labute approximate surface area is 158 Å². The SMILES string of the molecule is CC(C)CN(C)CCCN1CC2(CCN([C@H]3CCCOC3)CC2)OC1=O. The van der Waals surface area contributed by atoms with Gasteiger partial charge in [0, 0.05) is 51.7 Å². The number of amides is 1. The molecule has 1 spiro atoms. The second-order valence-electron chi connectivity index (χ2n) is 8.89. The maximum Gasteiger partial charge on any atom is 0.410 e. The Morgan fingerprint density at radius 3 is 2.73 bits per heavy atom. The van der Waals surface area contributed by atoms with E-state index in [4.69, 9.17) is 9.47 Å². The molecule has 3 rings (SSSR count). The number of hydrogen-bond donors (Lipinski definition) is 0. The van der Waals surface area contributed by atoms with E-state index in [1.165, 1.54) is 12.8 Å². The van der Waals surface area contributed by atoms with Gasteiger partial charge in [0.1, 0.15) is 5.60 Å². The Kier molecular flexibility index (Phi) is 6.81. The minimum absolute atomic E-state index is 0.106. The average molecular weight is 368 g/mol. The third kappa shape index (κ3) is 5.11. The van der Waals surface area contributed by atoms with Crippen LogP contribution in [0, 0.1) is 5.92 Å². The molecule has 0 N–H and O–H groups in total. The van der Waals surface area contributed by atoms with Crippen LogP contribution in [0.15, 0.2) is 0 Å². The monoisotopic (exact) mass is 367 g/mol. The van der Waals surface area contributed by atoms with Crippen LogP contribution in [0.1, 0.15) is 46.0 Å². The van der Waals surface area contributed by atoms with Gasteiger partial charge in [-0.05, 0) is 38.8 Å². The van der Waals surface area contributed by atoms with Gasteiger partial charge in [0.25, 0.3) is 0 Å². The van der Waals surface area contributed by atoms with Crippen molar-refractivity contribution < 1.29 is 14.3 Å². The quantitative estimate of drug-likeness (QED) is 0.692. The van der Waals surface area contributed by atoms with Gasteiger partial charge in [-0.2, -0.15) is 0 Å². The summed E-state index contributed by atoms with van der Waals surface area (Å²) in [6.45, 7) is 12.0. The van der Waals surface area contributed by atoms with Crippen molar-refractivity contribution in [2.75, 3.05) is 59.5 Å². The first-order chi connectivity index (χ1) is 12.5. The lowest BCUT2D eigenvalue weighted by atomic mass is 9.90. The number of carbonyl (C=O) groups excluding carboxylic acids is 1. The lowest BCUT2D eigenvalue weighted by Gasteiger charge is -2.42. The smallest absolute Gasteiger partial charge is 0.410 e. The molecule has 0 bridgehead atoms. The number of carbonyl (C=O) groups is 1. The fourth-order valence-electron chi connectivity index (χ4n) is 4.68. The van der Waals surface area contributed by atoms with Gasteiger partial charge in [0.15, 0.2) is 0 Å². The highest BCUT2D eigenvalue weighted by Crippen LogP contribution is 2.34. The number of hydrogen-bond acceptors (Lipinski definition) is 5. The zero-order valence-electron chi connectivity index (χ0n) is 16.9. The summed E-state index contributed by atoms with van der Waals surface area (Å²) in [6.07, 6.45) is 5.23. The Bertz CT molecular complexity index is 457. The van der Waals surface area contributed by atoms with Crippen LogP contribution >= 0.6 is 0 Å². The maximum atomic E-state index is 12.3. The van der Waals surface area contributed by atoms with Gasteiger partial charge in [-0.3, -0.25) is 4.90 Å². The fourth-order valence-corrected chi connectivity index (χ4v) is 4.68. The largest absolute Gasteiger partial charge is 0.441 e. The summed E-state index contributed by atoms with van der Waals surface area (Å²) in [5.74, 6) is 0.680. The standard InChI is InChI=1S/C20H37N3O3/c1-17(2)14-21(3)9-5-10-23-16-20(26-19(23)24)7-11-22(12-8-20)18-6-4-13-25-15-18/h17-18H,4-16H2,1-3H3/t18-/m0/s1. The third-order valence-corrected chi connectivity index (χ3v) is 6.05. The van der Waals surface area contributed by atoms with E-state index in [0.29, 0.717) is 12.0 Å². The van der Waals surface area contributed by atoms with Crippen molar-refractivity contribution in [1.29, 1.82) is 0 Å². The topological polar surface area (TPSA) is 45.2 Å². The Hall–Kier alpha value is -0.850. The van der Waals surface area contributed by atoms with E-state index in [-0.39, 0.29) is 11.7 Å². The molecule has 6 nitrogen and oxygen atoms in total. The number of ether oxygens (including phenoxy) is 2.